The smallest absolute Gasteiger partial charge is 0.313 e. The lowest BCUT2D eigenvalue weighted by atomic mass is 9.52. The van der Waals surface area contributed by atoms with E-state index in [0.717, 1.165) is 56.1 Å². The van der Waals surface area contributed by atoms with Crippen molar-refractivity contribution in [1.82, 2.24) is 0 Å². The van der Waals surface area contributed by atoms with Crippen molar-refractivity contribution >= 4 is 23.3 Å². The van der Waals surface area contributed by atoms with E-state index in [1.54, 1.807) is 0 Å². The van der Waals surface area contributed by atoms with Gasteiger partial charge in [-0.25, -0.2) is 0 Å². The number of ether oxygens (including phenoxy) is 2. The molecule has 5 aliphatic rings. The molecule has 1 spiro atoms. The van der Waals surface area contributed by atoms with Gasteiger partial charge in [0.05, 0.1) is 36.4 Å². The van der Waals surface area contributed by atoms with Gasteiger partial charge in [-0.1, -0.05) is 57.8 Å². The summed E-state index contributed by atoms with van der Waals surface area (Å²) in [6.45, 7) is 13.8. The lowest BCUT2D eigenvalue weighted by Gasteiger charge is -2.49. The summed E-state index contributed by atoms with van der Waals surface area (Å²) in [6.07, 6.45) is 7.86. The number of fused-ring (bicyclic) bond motifs is 6. The fraction of sp³-hybridized carbons (Fsp3) is 0.810. The van der Waals surface area contributed by atoms with E-state index in [1.807, 2.05) is 47.6 Å². The minimum atomic E-state index is -1.59. The van der Waals surface area contributed by atoms with Crippen molar-refractivity contribution < 1.29 is 38.9 Å². The zero-order valence-electron chi connectivity index (χ0n) is 32.0. The molecule has 5 rings (SSSR count). The Morgan fingerprint density at radius 2 is 1.64 bits per heavy atom. The number of hydrogen-bond donors (Lipinski definition) is 2. The molecule has 0 radical (unpaired) electrons. The zero-order valence-corrected chi connectivity index (χ0v) is 32.0. The van der Waals surface area contributed by atoms with Crippen LogP contribution in [0.15, 0.2) is 22.8 Å². The Hall–Kier alpha value is -2.16. The second-order valence-electron chi connectivity index (χ2n) is 17.9. The highest BCUT2D eigenvalue weighted by Gasteiger charge is 2.62. The zero-order chi connectivity index (χ0) is 36.8. The number of hydrogen-bond acceptors (Lipinski definition) is 8. The van der Waals surface area contributed by atoms with Gasteiger partial charge in [-0.3, -0.25) is 19.2 Å². The molecule has 2 saturated carbocycles. The highest BCUT2D eigenvalue weighted by atomic mass is 16.5. The topological polar surface area (TPSA) is 127 Å². The van der Waals surface area contributed by atoms with Crippen LogP contribution in [0.5, 0.6) is 0 Å². The predicted octanol–water partition coefficient (Wildman–Crippen LogP) is 7.27. The fourth-order valence-corrected chi connectivity index (χ4v) is 10.2. The monoisotopic (exact) mass is 696 g/mol. The van der Waals surface area contributed by atoms with E-state index >= 15 is 0 Å². The largest absolute Gasteiger partial charge is 0.469 e. The molecule has 8 heteroatoms. The standard InChI is InChI=1S/C42H64O8/c1-24(2)29-21-32(43)27(5)11-9-10-25(3)19-33(44)30-20-28(6)38-31(42(30,23-34(29)45)39(48)49-8)18-26(4)12-13-36(47)40(7)15-14-37(50-40)41(16-17-41)22-35(38)46/h18,24-25,27,29-31,35-37,46-47H,9-17,19-23H2,1-8H3/b26-18+/t25-,27+,29-,30+,31-,35+,36+,37+,40+,42+/m0/s1. The Morgan fingerprint density at radius 1 is 0.940 bits per heavy atom. The molecule has 0 aromatic carbocycles. The minimum Gasteiger partial charge on any atom is -0.469 e. The summed E-state index contributed by atoms with van der Waals surface area (Å²) in [5.41, 5.74) is 0.00704. The third kappa shape index (κ3) is 7.50. The van der Waals surface area contributed by atoms with E-state index in [-0.39, 0.29) is 72.3 Å². The second kappa shape index (κ2) is 15.1. The van der Waals surface area contributed by atoms with Crippen LogP contribution in [-0.4, -0.2) is 64.6 Å². The number of rotatable bonds is 2. The molecular formula is C42H64O8. The van der Waals surface area contributed by atoms with Crippen LogP contribution in [0.1, 0.15) is 138 Å². The Morgan fingerprint density at radius 3 is 2.28 bits per heavy atom. The Bertz CT molecular complexity index is 1390. The van der Waals surface area contributed by atoms with Crippen molar-refractivity contribution in [2.45, 2.75) is 162 Å². The molecule has 10 atom stereocenters. The molecule has 2 heterocycles. The first kappa shape index (κ1) is 39.1. The van der Waals surface area contributed by atoms with Gasteiger partial charge in [-0.2, -0.15) is 0 Å². The van der Waals surface area contributed by atoms with Crippen LogP contribution in [-0.2, 0) is 28.7 Å². The number of carbonyl (C=O) groups excluding carboxylic acids is 4. The molecule has 2 aliphatic heterocycles. The van der Waals surface area contributed by atoms with Gasteiger partial charge in [0.1, 0.15) is 17.3 Å². The van der Waals surface area contributed by atoms with E-state index in [4.69, 9.17) is 9.47 Å². The van der Waals surface area contributed by atoms with E-state index < -0.39 is 46.9 Å². The van der Waals surface area contributed by atoms with Crippen molar-refractivity contribution in [1.29, 1.82) is 0 Å². The molecule has 2 N–H and O–H groups in total. The number of esters is 1. The first-order valence-electron chi connectivity index (χ1n) is 19.5. The molecule has 0 aromatic rings. The van der Waals surface area contributed by atoms with Crippen molar-refractivity contribution in [3.05, 3.63) is 22.8 Å². The summed E-state index contributed by atoms with van der Waals surface area (Å²) in [7, 11) is 1.32. The predicted molar refractivity (Wildman–Crippen MR) is 192 cm³/mol. The Balaban J connectivity index is 1.71. The van der Waals surface area contributed by atoms with Crippen LogP contribution < -0.4 is 0 Å². The number of allylic oxidation sites excluding steroid dienone is 3. The summed E-state index contributed by atoms with van der Waals surface area (Å²) < 4.78 is 12.3. The van der Waals surface area contributed by atoms with Gasteiger partial charge in [-0.15, -0.1) is 0 Å². The molecule has 3 fully saturated rings. The summed E-state index contributed by atoms with van der Waals surface area (Å²) >= 11 is 0. The maximum atomic E-state index is 14.7. The van der Waals surface area contributed by atoms with E-state index in [2.05, 4.69) is 6.92 Å². The van der Waals surface area contributed by atoms with Gasteiger partial charge in [-0.05, 0) is 101 Å². The Labute approximate surface area is 300 Å². The van der Waals surface area contributed by atoms with Gasteiger partial charge in [0, 0.05) is 42.9 Å². The van der Waals surface area contributed by atoms with Gasteiger partial charge < -0.3 is 19.7 Å². The van der Waals surface area contributed by atoms with Crippen molar-refractivity contribution in [3.8, 4) is 0 Å². The SMILES string of the molecule is COC(=O)[C@]12CC(=O)[C@H](C(C)C)CC(=O)[C@H](C)CCC[C@H](C)CC(=O)[C@H]1CC(C)=C1[C@H](O)CC3(CC3)[C@H]3CC[C@@](C)(O3)[C@H](O)CC/C(C)=C/[C@@H]12. The maximum absolute atomic E-state index is 14.7. The van der Waals surface area contributed by atoms with E-state index in [9.17, 15) is 29.4 Å². The van der Waals surface area contributed by atoms with Crippen LogP contribution >= 0.6 is 0 Å². The average molecular weight is 697 g/mol. The Kier molecular flexibility index (Phi) is 11.8. The summed E-state index contributed by atoms with van der Waals surface area (Å²) in [5, 5.41) is 23.8. The number of methoxy groups -OCH3 is 1. The van der Waals surface area contributed by atoms with Crippen molar-refractivity contribution in [3.63, 3.8) is 0 Å². The third-order valence-corrected chi connectivity index (χ3v) is 13.8. The second-order valence-corrected chi connectivity index (χ2v) is 17.9. The number of aliphatic hydroxyl groups is 2. The van der Waals surface area contributed by atoms with Crippen molar-refractivity contribution in [2.24, 2.45) is 46.3 Å². The lowest BCUT2D eigenvalue weighted by Crippen LogP contribution is -2.54. The van der Waals surface area contributed by atoms with Crippen LogP contribution in [0.4, 0.5) is 0 Å². The third-order valence-electron chi connectivity index (χ3n) is 13.8. The lowest BCUT2D eigenvalue weighted by molar-refractivity contribution is -0.166. The molecule has 0 unspecified atom stereocenters. The van der Waals surface area contributed by atoms with Crippen LogP contribution in [0.25, 0.3) is 0 Å². The normalized spacial score (nSPS) is 41.6. The highest BCUT2D eigenvalue weighted by molar-refractivity contribution is 5.97. The molecule has 8 nitrogen and oxygen atoms in total. The molecule has 3 aliphatic carbocycles. The summed E-state index contributed by atoms with van der Waals surface area (Å²) in [6, 6.07) is 0. The van der Waals surface area contributed by atoms with Gasteiger partial charge in [0.15, 0.2) is 0 Å². The number of ketones is 3. The number of aliphatic hydroxyl groups excluding tert-OH is 2. The van der Waals surface area contributed by atoms with Crippen molar-refractivity contribution in [2.75, 3.05) is 7.11 Å². The first-order chi connectivity index (χ1) is 23.5. The summed E-state index contributed by atoms with van der Waals surface area (Å²) in [5.74, 6) is -3.30. The minimum absolute atomic E-state index is 0.0452. The number of carbonyl (C=O) groups is 4. The molecule has 0 aromatic heterocycles. The molecule has 280 valence electrons. The van der Waals surface area contributed by atoms with Crippen LogP contribution in [0, 0.1) is 46.3 Å². The van der Waals surface area contributed by atoms with E-state index in [0.29, 0.717) is 24.8 Å². The first-order valence-corrected chi connectivity index (χ1v) is 19.5. The van der Waals surface area contributed by atoms with Gasteiger partial charge >= 0.3 is 5.97 Å². The van der Waals surface area contributed by atoms with Gasteiger partial charge in [0.2, 0.25) is 0 Å². The molecule has 50 heavy (non-hydrogen) atoms. The van der Waals surface area contributed by atoms with Gasteiger partial charge in [0.25, 0.3) is 0 Å². The quantitative estimate of drug-likeness (QED) is 0.228. The maximum Gasteiger partial charge on any atom is 0.313 e. The fourth-order valence-electron chi connectivity index (χ4n) is 10.2. The number of Topliss-reactive ketones (excluding diaryl/α,β-unsaturated/α-hetero) is 3. The highest BCUT2D eigenvalue weighted by Crippen LogP contribution is 2.61. The summed E-state index contributed by atoms with van der Waals surface area (Å²) in [4.78, 5) is 57.6. The average Bonchev–Trinajstić information content (AvgIpc) is 3.71. The van der Waals surface area contributed by atoms with Crippen LogP contribution in [0.3, 0.4) is 0 Å². The molecule has 2 bridgehead atoms. The van der Waals surface area contributed by atoms with Crippen LogP contribution in [0.2, 0.25) is 0 Å². The molecular weight excluding hydrogens is 632 g/mol. The molecule has 0 amide bonds. The molecule has 1 saturated heterocycles. The van der Waals surface area contributed by atoms with E-state index in [1.165, 1.54) is 7.11 Å².